The highest BCUT2D eigenvalue weighted by Gasteiger charge is 2.31. The van der Waals surface area contributed by atoms with E-state index in [1.165, 1.54) is 12.1 Å². The molecule has 0 radical (unpaired) electrons. The number of nitrogens with one attached hydrogen (secondary N) is 4. The van der Waals surface area contributed by atoms with E-state index in [1.807, 2.05) is 24.3 Å². The van der Waals surface area contributed by atoms with Gasteiger partial charge in [-0.05, 0) is 55.1 Å². The summed E-state index contributed by atoms with van der Waals surface area (Å²) < 4.78 is 0. The lowest BCUT2D eigenvalue weighted by Gasteiger charge is -2.25. The Morgan fingerprint density at radius 3 is 2.07 bits per heavy atom. The lowest BCUT2D eigenvalue weighted by Crippen LogP contribution is -2.58. The van der Waals surface area contributed by atoms with Crippen LogP contribution in [0.3, 0.4) is 0 Å². The molecular formula is C30H39N7O7. The number of H-pyrrole nitrogens is 1. The number of aromatic nitrogens is 1. The minimum absolute atomic E-state index is 0.00219. The molecular weight excluding hydrogens is 570 g/mol. The topological polar surface area (TPSA) is 256 Å². The number of amides is 4. The van der Waals surface area contributed by atoms with Gasteiger partial charge in [0.2, 0.25) is 23.6 Å². The van der Waals surface area contributed by atoms with Crippen molar-refractivity contribution in [3.05, 3.63) is 65.9 Å². The highest BCUT2D eigenvalue weighted by Crippen LogP contribution is 2.20. The number of primary amides is 1. The zero-order valence-corrected chi connectivity index (χ0v) is 24.1. The van der Waals surface area contributed by atoms with Crippen molar-refractivity contribution in [3.8, 4) is 5.75 Å². The number of fused-ring (bicyclic) bond motifs is 1. The standard InChI is InChI=1S/C30H39N7O7/c31-12-4-3-7-23(30(43)44)35-29(42)25(14-18-16-34-22-6-2-1-5-20(18)22)37-28(41)24(13-17-8-10-19(38)11-9-17)36-27(40)21(32)15-26(33)39/h1-2,5-6,8-11,16,21,23-25,34,38H,3-4,7,12-15,31-32H2,(H2,33,39)(H,35,42)(H,36,40)(H,37,41)(H,43,44). The van der Waals surface area contributed by atoms with Gasteiger partial charge in [-0.25, -0.2) is 4.79 Å². The van der Waals surface area contributed by atoms with E-state index < -0.39 is 60.2 Å². The number of nitrogens with two attached hydrogens (primary N) is 3. The van der Waals surface area contributed by atoms with Crippen molar-refractivity contribution in [1.82, 2.24) is 20.9 Å². The van der Waals surface area contributed by atoms with E-state index in [2.05, 4.69) is 20.9 Å². The number of hydrogen-bond acceptors (Lipinski definition) is 8. The number of phenols is 1. The van der Waals surface area contributed by atoms with Crippen LogP contribution < -0.4 is 33.2 Å². The number of carboxylic acid groups (broad SMARTS) is 1. The van der Waals surface area contributed by atoms with Gasteiger partial charge in [0.15, 0.2) is 0 Å². The van der Waals surface area contributed by atoms with Crippen molar-refractivity contribution in [3.63, 3.8) is 0 Å². The molecule has 1 aromatic heterocycles. The molecule has 0 saturated heterocycles. The summed E-state index contributed by atoms with van der Waals surface area (Å²) in [5.41, 5.74) is 18.6. The SMILES string of the molecule is NCCCCC(NC(=O)C(Cc1c[nH]c2ccccc12)NC(=O)C(Cc1ccc(O)cc1)NC(=O)C(N)CC(N)=O)C(=O)O. The molecule has 44 heavy (non-hydrogen) atoms. The highest BCUT2D eigenvalue weighted by atomic mass is 16.4. The van der Waals surface area contributed by atoms with E-state index >= 15 is 0 Å². The zero-order chi connectivity index (χ0) is 32.2. The zero-order valence-electron chi connectivity index (χ0n) is 24.1. The molecule has 1 heterocycles. The monoisotopic (exact) mass is 609 g/mol. The fourth-order valence-electron chi connectivity index (χ4n) is 4.69. The van der Waals surface area contributed by atoms with E-state index in [1.54, 1.807) is 18.3 Å². The van der Waals surface area contributed by atoms with Crippen LogP contribution in [0.1, 0.15) is 36.8 Å². The average Bonchev–Trinajstić information content (AvgIpc) is 3.39. The predicted molar refractivity (Wildman–Crippen MR) is 162 cm³/mol. The number of benzene rings is 2. The number of aromatic hydroxyl groups is 1. The van der Waals surface area contributed by atoms with Crippen molar-refractivity contribution >= 4 is 40.5 Å². The Bertz CT molecular complexity index is 1460. The Hall–Kier alpha value is -4.95. The number of phenolic OH excluding ortho intramolecular Hbond substituents is 1. The van der Waals surface area contributed by atoms with Gasteiger partial charge < -0.3 is 48.3 Å². The Balaban J connectivity index is 1.89. The minimum atomic E-state index is -1.32. The Labute approximate surface area is 253 Å². The summed E-state index contributed by atoms with van der Waals surface area (Å²) in [6.45, 7) is 0.372. The summed E-state index contributed by atoms with van der Waals surface area (Å²) in [5.74, 6) is -4.34. The summed E-state index contributed by atoms with van der Waals surface area (Å²) in [5, 5.41) is 27.9. The lowest BCUT2D eigenvalue weighted by molar-refractivity contribution is -0.142. The van der Waals surface area contributed by atoms with Crippen molar-refractivity contribution in [2.75, 3.05) is 6.54 Å². The van der Waals surface area contributed by atoms with E-state index in [0.29, 0.717) is 30.5 Å². The van der Waals surface area contributed by atoms with Crippen LogP contribution >= 0.6 is 0 Å². The largest absolute Gasteiger partial charge is 0.508 e. The maximum absolute atomic E-state index is 13.7. The van der Waals surface area contributed by atoms with Crippen LogP contribution in [0.25, 0.3) is 10.9 Å². The summed E-state index contributed by atoms with van der Waals surface area (Å²) in [6, 6.07) is 8.26. The number of carboxylic acids is 1. The second-order valence-electron chi connectivity index (χ2n) is 10.5. The maximum Gasteiger partial charge on any atom is 0.326 e. The van der Waals surface area contributed by atoms with E-state index in [9.17, 15) is 34.2 Å². The van der Waals surface area contributed by atoms with Crippen LogP contribution in [0.4, 0.5) is 0 Å². The first kappa shape index (κ1) is 33.6. The third kappa shape index (κ3) is 9.81. The van der Waals surface area contributed by atoms with Crippen molar-refractivity contribution in [2.24, 2.45) is 17.2 Å². The fourth-order valence-corrected chi connectivity index (χ4v) is 4.69. The number of rotatable bonds is 17. The minimum Gasteiger partial charge on any atom is -0.508 e. The number of hydrogen-bond donors (Lipinski definition) is 9. The van der Waals surface area contributed by atoms with Crippen LogP contribution in [0, 0.1) is 0 Å². The van der Waals surface area contributed by atoms with Crippen molar-refractivity contribution < 1.29 is 34.2 Å². The molecule has 0 aliphatic heterocycles. The first-order chi connectivity index (χ1) is 21.0. The predicted octanol–water partition coefficient (Wildman–Crippen LogP) is -0.471. The second-order valence-corrected chi connectivity index (χ2v) is 10.5. The Kier molecular flexibility index (Phi) is 12.2. The quantitative estimate of drug-likeness (QED) is 0.0895. The number of carbonyl (C=O) groups is 5. The molecule has 0 bridgehead atoms. The Morgan fingerprint density at radius 1 is 0.818 bits per heavy atom. The summed E-state index contributed by atoms with van der Waals surface area (Å²) in [6.07, 6.45) is 2.38. The van der Waals surface area contributed by atoms with Gasteiger partial charge in [0, 0.05) is 29.9 Å². The van der Waals surface area contributed by atoms with Gasteiger partial charge in [-0.3, -0.25) is 19.2 Å². The number of para-hydroxylation sites is 1. The van der Waals surface area contributed by atoms with Gasteiger partial charge in [-0.1, -0.05) is 30.3 Å². The third-order valence-electron chi connectivity index (χ3n) is 7.06. The fraction of sp³-hybridized carbons (Fsp3) is 0.367. The van der Waals surface area contributed by atoms with Gasteiger partial charge in [-0.15, -0.1) is 0 Å². The molecule has 14 nitrogen and oxygen atoms in total. The van der Waals surface area contributed by atoms with Gasteiger partial charge >= 0.3 is 5.97 Å². The number of unbranched alkanes of at least 4 members (excludes halogenated alkanes) is 1. The maximum atomic E-state index is 13.7. The summed E-state index contributed by atoms with van der Waals surface area (Å²) in [7, 11) is 0. The third-order valence-corrected chi connectivity index (χ3v) is 7.06. The summed E-state index contributed by atoms with van der Waals surface area (Å²) in [4.78, 5) is 66.4. The highest BCUT2D eigenvalue weighted by molar-refractivity contribution is 5.95. The van der Waals surface area contributed by atoms with Gasteiger partial charge in [0.25, 0.3) is 0 Å². The smallest absolute Gasteiger partial charge is 0.326 e. The first-order valence-electron chi connectivity index (χ1n) is 14.2. The number of aromatic amines is 1. The molecule has 4 amide bonds. The van der Waals surface area contributed by atoms with E-state index in [0.717, 1.165) is 10.9 Å². The van der Waals surface area contributed by atoms with Crippen LogP contribution in [0.5, 0.6) is 5.75 Å². The van der Waals surface area contributed by atoms with E-state index in [-0.39, 0.29) is 25.0 Å². The molecule has 14 heteroatoms. The molecule has 12 N–H and O–H groups in total. The molecule has 0 fully saturated rings. The summed E-state index contributed by atoms with van der Waals surface area (Å²) >= 11 is 0. The molecule has 3 aromatic rings. The number of carbonyl (C=O) groups excluding carboxylic acids is 4. The molecule has 0 saturated carbocycles. The Morgan fingerprint density at radius 2 is 1.43 bits per heavy atom. The normalized spacial score (nSPS) is 13.8. The van der Waals surface area contributed by atoms with Gasteiger partial charge in [0.05, 0.1) is 12.5 Å². The molecule has 0 spiro atoms. The lowest BCUT2D eigenvalue weighted by atomic mass is 10.0. The molecule has 4 unspecified atom stereocenters. The second kappa shape index (κ2) is 16.0. The molecule has 4 atom stereocenters. The molecule has 0 aliphatic rings. The van der Waals surface area contributed by atoms with Crippen LogP contribution in [-0.4, -0.2) is 75.5 Å². The van der Waals surface area contributed by atoms with Crippen molar-refractivity contribution in [2.45, 2.75) is 62.7 Å². The van der Waals surface area contributed by atoms with Gasteiger partial charge in [-0.2, -0.15) is 0 Å². The molecule has 3 rings (SSSR count). The van der Waals surface area contributed by atoms with Crippen LogP contribution in [0.2, 0.25) is 0 Å². The van der Waals surface area contributed by atoms with E-state index in [4.69, 9.17) is 17.2 Å². The van der Waals surface area contributed by atoms with Gasteiger partial charge in [0.1, 0.15) is 23.9 Å². The van der Waals surface area contributed by atoms with Crippen LogP contribution in [0.15, 0.2) is 54.7 Å². The molecule has 236 valence electrons. The molecule has 2 aromatic carbocycles. The average molecular weight is 610 g/mol. The first-order valence-corrected chi connectivity index (χ1v) is 14.2. The van der Waals surface area contributed by atoms with Crippen molar-refractivity contribution in [1.29, 1.82) is 0 Å². The number of aliphatic carboxylic acids is 1. The van der Waals surface area contributed by atoms with Crippen LogP contribution in [-0.2, 0) is 36.8 Å². The molecule has 0 aliphatic carbocycles.